The lowest BCUT2D eigenvalue weighted by molar-refractivity contribution is -0.146. The third kappa shape index (κ3) is 5.98. The Morgan fingerprint density at radius 1 is 1.02 bits per heavy atom. The number of hydrogen-bond donors (Lipinski definition) is 1. The summed E-state index contributed by atoms with van der Waals surface area (Å²) in [5.74, 6) is -1.50. The van der Waals surface area contributed by atoms with Gasteiger partial charge in [0.2, 0.25) is 0 Å². The first kappa shape index (κ1) is 28.4. The van der Waals surface area contributed by atoms with Crippen LogP contribution in [0.25, 0.3) is 5.76 Å². The molecule has 1 amide bonds. The van der Waals surface area contributed by atoms with Crippen molar-refractivity contribution in [2.24, 2.45) is 0 Å². The number of pyridine rings is 1. The topological polar surface area (TPSA) is 115 Å². The van der Waals surface area contributed by atoms with Gasteiger partial charge in [0.05, 0.1) is 42.9 Å². The molecular weight excluding hydrogens is 512 g/mol. The van der Waals surface area contributed by atoms with Crippen LogP contribution in [0.3, 0.4) is 0 Å². The van der Waals surface area contributed by atoms with Crippen LogP contribution in [0.15, 0.2) is 72.6 Å². The molecule has 0 bridgehead atoms. The van der Waals surface area contributed by atoms with E-state index in [0.29, 0.717) is 41.5 Å². The number of nitrogens with zero attached hydrogens (tertiary/aromatic N) is 2. The van der Waals surface area contributed by atoms with Gasteiger partial charge in [-0.15, -0.1) is 0 Å². The predicted octanol–water partition coefficient (Wildman–Crippen LogP) is 5.00. The van der Waals surface area contributed by atoms with Crippen molar-refractivity contribution in [3.05, 3.63) is 89.3 Å². The van der Waals surface area contributed by atoms with E-state index in [-0.39, 0.29) is 35.4 Å². The summed E-state index contributed by atoms with van der Waals surface area (Å²) in [5.41, 5.74) is 1.83. The number of carbonyl (C=O) groups excluding carboxylic acids is 3. The van der Waals surface area contributed by atoms with Crippen molar-refractivity contribution < 1.29 is 33.7 Å². The molecule has 1 fully saturated rings. The van der Waals surface area contributed by atoms with Crippen LogP contribution in [-0.2, 0) is 25.5 Å². The highest BCUT2D eigenvalue weighted by Crippen LogP contribution is 2.43. The Morgan fingerprint density at radius 3 is 2.38 bits per heavy atom. The molecule has 1 aliphatic heterocycles. The quantitative estimate of drug-likeness (QED) is 0.164. The lowest BCUT2D eigenvalue weighted by Gasteiger charge is -2.25. The Kier molecular flexibility index (Phi) is 8.83. The Hall–Kier alpha value is -4.66. The zero-order valence-corrected chi connectivity index (χ0v) is 22.9. The van der Waals surface area contributed by atoms with E-state index in [1.165, 1.54) is 4.90 Å². The third-order valence-electron chi connectivity index (χ3n) is 6.19. The average Bonchev–Trinajstić information content (AvgIpc) is 3.19. The number of aliphatic hydroxyl groups excluding tert-OH is 1. The number of esters is 1. The highest BCUT2D eigenvalue weighted by atomic mass is 16.5. The molecule has 40 heavy (non-hydrogen) atoms. The van der Waals surface area contributed by atoms with E-state index in [0.717, 1.165) is 0 Å². The largest absolute Gasteiger partial charge is 0.507 e. The molecule has 3 aromatic rings. The summed E-state index contributed by atoms with van der Waals surface area (Å²) >= 11 is 0. The van der Waals surface area contributed by atoms with Crippen LogP contribution in [0.4, 0.5) is 5.69 Å². The number of amides is 1. The number of ether oxygens (including phenoxy) is 3. The Morgan fingerprint density at radius 2 is 1.75 bits per heavy atom. The normalized spacial score (nSPS) is 16.3. The van der Waals surface area contributed by atoms with E-state index in [4.69, 9.17) is 14.2 Å². The van der Waals surface area contributed by atoms with E-state index in [2.05, 4.69) is 4.98 Å². The zero-order chi connectivity index (χ0) is 28.8. The Labute approximate surface area is 233 Å². The molecule has 9 heteroatoms. The molecule has 208 valence electrons. The number of Topliss-reactive ketones (excluding diaryl/α,β-unsaturated/α-hetero) is 1. The fraction of sp³-hybridized carbons (Fsp3) is 0.290. The molecule has 0 radical (unpaired) electrons. The lowest BCUT2D eigenvalue weighted by atomic mass is 9.95. The molecule has 4 rings (SSSR count). The van der Waals surface area contributed by atoms with E-state index >= 15 is 0 Å². The molecule has 0 saturated carbocycles. The maximum atomic E-state index is 13.5. The SMILES string of the molecule is CCOc1ccc(/C(O)=C2/C(=O)C(=O)N(c3ccc(CC(=O)OC(C)C)cc3)C2c2cccnc2)c(OCC)c1. The highest BCUT2D eigenvalue weighted by molar-refractivity contribution is 6.51. The summed E-state index contributed by atoms with van der Waals surface area (Å²) in [6, 6.07) is 14.1. The number of anilines is 1. The van der Waals surface area contributed by atoms with E-state index in [1.54, 1.807) is 87.8 Å². The number of aliphatic hydroxyl groups is 1. The fourth-order valence-electron chi connectivity index (χ4n) is 4.57. The van der Waals surface area contributed by atoms with Gasteiger partial charge in [-0.05, 0) is 69.2 Å². The van der Waals surface area contributed by atoms with Crippen molar-refractivity contribution in [2.75, 3.05) is 18.1 Å². The molecule has 1 unspecified atom stereocenters. The standard InChI is InChI=1S/C31H32N2O7/c1-5-38-23-13-14-24(25(17-23)39-6-2)29(35)27-28(21-8-7-15-32-18-21)33(31(37)30(27)36)22-11-9-20(10-12-22)16-26(34)40-19(3)4/h7-15,17-19,28,35H,5-6,16H2,1-4H3/b29-27-. The third-order valence-corrected chi connectivity index (χ3v) is 6.19. The summed E-state index contributed by atoms with van der Waals surface area (Å²) in [7, 11) is 0. The predicted molar refractivity (Wildman–Crippen MR) is 149 cm³/mol. The summed E-state index contributed by atoms with van der Waals surface area (Å²) in [5, 5.41) is 11.5. The minimum Gasteiger partial charge on any atom is -0.507 e. The highest BCUT2D eigenvalue weighted by Gasteiger charge is 2.47. The zero-order valence-electron chi connectivity index (χ0n) is 22.9. The van der Waals surface area contributed by atoms with Gasteiger partial charge in [0.25, 0.3) is 11.7 Å². The average molecular weight is 545 g/mol. The summed E-state index contributed by atoms with van der Waals surface area (Å²) < 4.78 is 16.5. The molecule has 0 spiro atoms. The van der Waals surface area contributed by atoms with Gasteiger partial charge in [-0.3, -0.25) is 24.3 Å². The van der Waals surface area contributed by atoms with Gasteiger partial charge in [-0.1, -0.05) is 18.2 Å². The maximum absolute atomic E-state index is 13.5. The molecule has 1 aliphatic rings. The molecule has 2 aromatic carbocycles. The second-order valence-corrected chi connectivity index (χ2v) is 9.36. The van der Waals surface area contributed by atoms with Crippen molar-refractivity contribution in [3.63, 3.8) is 0 Å². The first-order valence-corrected chi connectivity index (χ1v) is 13.1. The molecule has 9 nitrogen and oxygen atoms in total. The number of rotatable bonds is 10. The minimum atomic E-state index is -0.952. The number of hydrogen-bond acceptors (Lipinski definition) is 8. The molecule has 1 saturated heterocycles. The summed E-state index contributed by atoms with van der Waals surface area (Å²) in [6.07, 6.45) is 2.98. The smallest absolute Gasteiger partial charge is 0.310 e. The van der Waals surface area contributed by atoms with Crippen molar-refractivity contribution in [1.82, 2.24) is 4.98 Å². The monoisotopic (exact) mass is 544 g/mol. The van der Waals surface area contributed by atoms with Gasteiger partial charge in [0.1, 0.15) is 17.3 Å². The van der Waals surface area contributed by atoms with Gasteiger partial charge >= 0.3 is 5.97 Å². The van der Waals surface area contributed by atoms with Crippen LogP contribution >= 0.6 is 0 Å². The number of benzene rings is 2. The minimum absolute atomic E-state index is 0.0707. The van der Waals surface area contributed by atoms with Crippen LogP contribution in [0.2, 0.25) is 0 Å². The van der Waals surface area contributed by atoms with Gasteiger partial charge < -0.3 is 19.3 Å². The number of ketones is 1. The van der Waals surface area contributed by atoms with E-state index in [9.17, 15) is 19.5 Å². The fourth-order valence-corrected chi connectivity index (χ4v) is 4.57. The Bertz CT molecular complexity index is 1420. The summed E-state index contributed by atoms with van der Waals surface area (Å²) in [6.45, 7) is 7.97. The van der Waals surface area contributed by atoms with Crippen LogP contribution in [0.1, 0.15) is 50.4 Å². The van der Waals surface area contributed by atoms with Gasteiger partial charge in [0.15, 0.2) is 0 Å². The van der Waals surface area contributed by atoms with Crippen LogP contribution in [0, 0.1) is 0 Å². The first-order chi connectivity index (χ1) is 19.2. The van der Waals surface area contributed by atoms with Crippen LogP contribution in [0.5, 0.6) is 11.5 Å². The maximum Gasteiger partial charge on any atom is 0.310 e. The summed E-state index contributed by atoms with van der Waals surface area (Å²) in [4.78, 5) is 44.5. The number of carbonyl (C=O) groups is 3. The molecule has 0 aliphatic carbocycles. The van der Waals surface area contributed by atoms with Crippen molar-refractivity contribution in [1.29, 1.82) is 0 Å². The van der Waals surface area contributed by atoms with Gasteiger partial charge in [-0.25, -0.2) is 0 Å². The van der Waals surface area contributed by atoms with Crippen molar-refractivity contribution >= 4 is 29.1 Å². The molecule has 1 aromatic heterocycles. The lowest BCUT2D eigenvalue weighted by Crippen LogP contribution is -2.29. The van der Waals surface area contributed by atoms with E-state index in [1.807, 2.05) is 6.92 Å². The second-order valence-electron chi connectivity index (χ2n) is 9.36. The van der Waals surface area contributed by atoms with Gasteiger partial charge in [-0.2, -0.15) is 0 Å². The second kappa shape index (κ2) is 12.5. The van der Waals surface area contributed by atoms with Crippen LogP contribution in [-0.4, -0.2) is 47.1 Å². The Balaban J connectivity index is 1.80. The van der Waals surface area contributed by atoms with Gasteiger partial charge in [0, 0.05) is 24.1 Å². The number of aromatic nitrogens is 1. The van der Waals surface area contributed by atoms with Crippen molar-refractivity contribution in [2.45, 2.75) is 46.3 Å². The van der Waals surface area contributed by atoms with Crippen LogP contribution < -0.4 is 14.4 Å². The molecular formula is C31H32N2O7. The van der Waals surface area contributed by atoms with Crippen molar-refractivity contribution in [3.8, 4) is 11.5 Å². The van der Waals surface area contributed by atoms with E-state index < -0.39 is 17.7 Å². The first-order valence-electron chi connectivity index (χ1n) is 13.1. The molecule has 1 N–H and O–H groups in total. The molecule has 2 heterocycles. The molecule has 1 atom stereocenters.